The summed E-state index contributed by atoms with van der Waals surface area (Å²) < 4.78 is 3.60. The van der Waals surface area contributed by atoms with Crippen molar-refractivity contribution in [2.75, 3.05) is 0 Å². The molecular formula is C23H21ClN6O2S. The summed E-state index contributed by atoms with van der Waals surface area (Å²) >= 11 is 7.40. The number of H-pyrrole nitrogens is 1. The van der Waals surface area contributed by atoms with Crippen LogP contribution in [0.25, 0.3) is 27.6 Å². The van der Waals surface area contributed by atoms with Gasteiger partial charge in [-0.2, -0.15) is 0 Å². The number of aromatic nitrogens is 6. The summed E-state index contributed by atoms with van der Waals surface area (Å²) in [4.78, 5) is 33.0. The minimum absolute atomic E-state index is 0.0677. The Hall–Kier alpha value is -3.17. The van der Waals surface area contributed by atoms with Crippen molar-refractivity contribution in [2.24, 2.45) is 5.92 Å². The molecule has 0 aliphatic rings. The van der Waals surface area contributed by atoms with Gasteiger partial charge < -0.3 is 4.98 Å². The second-order valence-electron chi connectivity index (χ2n) is 8.24. The fourth-order valence-electron chi connectivity index (χ4n) is 3.78. The molecule has 2 aromatic carbocycles. The van der Waals surface area contributed by atoms with Crippen molar-refractivity contribution in [3.63, 3.8) is 0 Å². The number of halogens is 1. The van der Waals surface area contributed by atoms with Gasteiger partial charge in [-0.3, -0.25) is 18.6 Å². The predicted molar refractivity (Wildman–Crippen MR) is 131 cm³/mol. The molecule has 0 unspecified atom stereocenters. The first-order valence-corrected chi connectivity index (χ1v) is 12.0. The quantitative estimate of drug-likeness (QED) is 0.364. The van der Waals surface area contributed by atoms with Crippen LogP contribution in [0.1, 0.15) is 26.1 Å². The van der Waals surface area contributed by atoms with E-state index >= 15 is 0 Å². The van der Waals surface area contributed by atoms with Crippen molar-refractivity contribution < 1.29 is 0 Å². The molecule has 0 saturated heterocycles. The summed E-state index contributed by atoms with van der Waals surface area (Å²) in [7, 11) is 0. The number of aryl methyl sites for hydroxylation is 1. The number of thioether (sulfide) groups is 1. The fourth-order valence-corrected chi connectivity index (χ4v) is 4.76. The second-order valence-corrected chi connectivity index (χ2v) is 9.62. The Balaban J connectivity index is 1.57. The zero-order chi connectivity index (χ0) is 23.1. The van der Waals surface area contributed by atoms with E-state index in [9.17, 15) is 9.59 Å². The Labute approximate surface area is 197 Å². The molecule has 10 heteroatoms. The molecule has 8 nitrogen and oxygen atoms in total. The highest BCUT2D eigenvalue weighted by atomic mass is 35.5. The van der Waals surface area contributed by atoms with E-state index in [0.29, 0.717) is 56.3 Å². The van der Waals surface area contributed by atoms with E-state index in [-0.39, 0.29) is 11.1 Å². The molecule has 168 valence electrons. The van der Waals surface area contributed by atoms with Gasteiger partial charge in [-0.05, 0) is 42.7 Å². The molecule has 5 rings (SSSR count). The normalized spacial score (nSPS) is 11.9. The van der Waals surface area contributed by atoms with Crippen molar-refractivity contribution in [1.82, 2.24) is 29.1 Å². The highest BCUT2D eigenvalue weighted by molar-refractivity contribution is 7.98. The van der Waals surface area contributed by atoms with Crippen LogP contribution < -0.4 is 11.1 Å². The lowest BCUT2D eigenvalue weighted by atomic mass is 10.1. The molecule has 0 amide bonds. The van der Waals surface area contributed by atoms with Gasteiger partial charge in [0.2, 0.25) is 5.78 Å². The lowest BCUT2D eigenvalue weighted by Crippen LogP contribution is -2.24. The largest absolute Gasteiger partial charge is 0.309 e. The number of nitrogens with one attached hydrogen (secondary N) is 1. The van der Waals surface area contributed by atoms with E-state index in [2.05, 4.69) is 34.0 Å². The van der Waals surface area contributed by atoms with E-state index in [1.807, 2.05) is 28.7 Å². The van der Waals surface area contributed by atoms with Crippen LogP contribution in [0.3, 0.4) is 0 Å². The standard InChI is InChI=1S/C23H21ClN6O2S/c1-13(2)9-10-29-21(32)15-5-3-4-6-18(15)30-22(29)27-28-23(30)33-12-19-25-17-8-7-14(24)11-16(17)20(31)26-19/h3-8,11,13H,9-10,12H2,1-2H3,(H,25,26,31). The average Bonchev–Trinajstić information content (AvgIpc) is 3.22. The third-order valence-corrected chi connectivity index (χ3v) is 6.64. The number of para-hydroxylation sites is 1. The molecule has 0 bridgehead atoms. The lowest BCUT2D eigenvalue weighted by Gasteiger charge is -2.12. The van der Waals surface area contributed by atoms with E-state index in [1.165, 1.54) is 11.8 Å². The van der Waals surface area contributed by atoms with Gasteiger partial charge in [0.1, 0.15) is 5.82 Å². The summed E-state index contributed by atoms with van der Waals surface area (Å²) in [5, 5.41) is 10.9. The van der Waals surface area contributed by atoms with Crippen molar-refractivity contribution in [3.8, 4) is 0 Å². The Bertz CT molecular complexity index is 1620. The smallest absolute Gasteiger partial charge is 0.262 e. The van der Waals surface area contributed by atoms with Crippen molar-refractivity contribution in [2.45, 2.75) is 37.7 Å². The molecule has 0 saturated carbocycles. The highest BCUT2D eigenvalue weighted by Crippen LogP contribution is 2.24. The van der Waals surface area contributed by atoms with E-state index in [4.69, 9.17) is 11.6 Å². The van der Waals surface area contributed by atoms with Gasteiger partial charge in [0.15, 0.2) is 5.16 Å². The van der Waals surface area contributed by atoms with Gasteiger partial charge in [0.05, 0.1) is 27.6 Å². The minimum Gasteiger partial charge on any atom is -0.309 e. The molecule has 0 fully saturated rings. The minimum atomic E-state index is -0.239. The first kappa shape index (κ1) is 21.7. The van der Waals surface area contributed by atoms with Gasteiger partial charge in [-0.1, -0.05) is 49.3 Å². The summed E-state index contributed by atoms with van der Waals surface area (Å²) in [5.74, 6) is 1.87. The third-order valence-electron chi connectivity index (χ3n) is 5.46. The zero-order valence-corrected chi connectivity index (χ0v) is 19.7. The number of nitrogens with zero attached hydrogens (tertiary/aromatic N) is 5. The van der Waals surface area contributed by atoms with E-state index < -0.39 is 0 Å². The Morgan fingerprint density at radius 3 is 2.73 bits per heavy atom. The molecule has 0 spiro atoms. The molecule has 5 aromatic rings. The van der Waals surface area contributed by atoms with Crippen LogP contribution in [0.5, 0.6) is 0 Å². The second kappa shape index (κ2) is 8.64. The van der Waals surface area contributed by atoms with E-state index in [0.717, 1.165) is 11.9 Å². The van der Waals surface area contributed by atoms with Crippen LogP contribution in [-0.4, -0.2) is 29.1 Å². The SMILES string of the molecule is CC(C)CCn1c(=O)c2ccccc2n2c(SCc3nc4ccc(Cl)cc4c(=O)[nH]3)nnc12. The first-order valence-electron chi connectivity index (χ1n) is 10.6. The predicted octanol–water partition coefficient (Wildman–Crippen LogP) is 4.27. The van der Waals surface area contributed by atoms with Crippen molar-refractivity contribution in [1.29, 1.82) is 0 Å². The maximum atomic E-state index is 13.1. The molecular weight excluding hydrogens is 460 g/mol. The summed E-state index contributed by atoms with van der Waals surface area (Å²) in [5.41, 5.74) is 1.03. The molecule has 1 N–H and O–H groups in total. The summed E-state index contributed by atoms with van der Waals surface area (Å²) in [6.45, 7) is 4.81. The maximum Gasteiger partial charge on any atom is 0.262 e. The number of hydrogen-bond donors (Lipinski definition) is 1. The number of aromatic amines is 1. The fraction of sp³-hybridized carbons (Fsp3) is 0.261. The number of fused-ring (bicyclic) bond motifs is 4. The van der Waals surface area contributed by atoms with Gasteiger partial charge in [0, 0.05) is 11.6 Å². The molecule has 0 atom stereocenters. The summed E-state index contributed by atoms with van der Waals surface area (Å²) in [6, 6.07) is 12.5. The van der Waals surface area contributed by atoms with Crippen LogP contribution in [0.2, 0.25) is 5.02 Å². The average molecular weight is 481 g/mol. The number of benzene rings is 2. The highest BCUT2D eigenvalue weighted by Gasteiger charge is 2.17. The lowest BCUT2D eigenvalue weighted by molar-refractivity contribution is 0.512. The first-order chi connectivity index (χ1) is 15.9. The zero-order valence-electron chi connectivity index (χ0n) is 18.1. The topological polar surface area (TPSA) is 97.9 Å². The van der Waals surface area contributed by atoms with Crippen LogP contribution in [0.4, 0.5) is 0 Å². The van der Waals surface area contributed by atoms with Crippen molar-refractivity contribution >= 4 is 50.9 Å². The molecule has 3 aromatic heterocycles. The number of hydrogen-bond acceptors (Lipinski definition) is 6. The molecule has 3 heterocycles. The molecule has 0 radical (unpaired) electrons. The molecule has 0 aliphatic heterocycles. The van der Waals surface area contributed by atoms with Gasteiger partial charge in [0.25, 0.3) is 11.1 Å². The van der Waals surface area contributed by atoms with Gasteiger partial charge in [-0.25, -0.2) is 4.98 Å². The molecule has 0 aliphatic carbocycles. The number of rotatable bonds is 6. The van der Waals surface area contributed by atoms with Crippen molar-refractivity contribution in [3.05, 3.63) is 74.0 Å². The Morgan fingerprint density at radius 2 is 1.91 bits per heavy atom. The monoisotopic (exact) mass is 480 g/mol. The summed E-state index contributed by atoms with van der Waals surface area (Å²) in [6.07, 6.45) is 0.857. The van der Waals surface area contributed by atoms with Crippen LogP contribution in [0, 0.1) is 5.92 Å². The third kappa shape index (κ3) is 4.02. The van der Waals surface area contributed by atoms with Crippen LogP contribution in [-0.2, 0) is 12.3 Å². The van der Waals surface area contributed by atoms with Crippen LogP contribution in [0.15, 0.2) is 57.2 Å². The Morgan fingerprint density at radius 1 is 1.09 bits per heavy atom. The van der Waals surface area contributed by atoms with Crippen LogP contribution >= 0.6 is 23.4 Å². The Kier molecular flexibility index (Phi) is 5.67. The van der Waals surface area contributed by atoms with Gasteiger partial charge in [-0.15, -0.1) is 10.2 Å². The van der Waals surface area contributed by atoms with E-state index in [1.54, 1.807) is 22.8 Å². The van der Waals surface area contributed by atoms with Gasteiger partial charge >= 0.3 is 0 Å². The maximum absolute atomic E-state index is 13.1. The molecule has 33 heavy (non-hydrogen) atoms.